The zero-order valence-corrected chi connectivity index (χ0v) is 18.5. The summed E-state index contributed by atoms with van der Waals surface area (Å²) in [5.41, 5.74) is 1.03. The van der Waals surface area contributed by atoms with E-state index < -0.39 is 0 Å². The van der Waals surface area contributed by atoms with Crippen molar-refractivity contribution < 1.29 is 14.3 Å². The Morgan fingerprint density at radius 1 is 1.12 bits per heavy atom. The van der Waals surface area contributed by atoms with Crippen LogP contribution in [-0.4, -0.2) is 76.9 Å². The van der Waals surface area contributed by atoms with E-state index in [2.05, 4.69) is 16.0 Å². The minimum Gasteiger partial charge on any atom is -0.484 e. The molecule has 32 heavy (non-hydrogen) atoms. The number of aromatic nitrogens is 1. The number of para-hydroxylation sites is 1. The summed E-state index contributed by atoms with van der Waals surface area (Å²) >= 11 is 0. The lowest BCUT2D eigenvalue weighted by atomic mass is 9.75. The third-order valence-corrected chi connectivity index (χ3v) is 7.62. The number of rotatable bonds is 5. The second-order valence-electron chi connectivity index (χ2n) is 9.25. The van der Waals surface area contributed by atoms with Gasteiger partial charge in [0.1, 0.15) is 5.75 Å². The van der Waals surface area contributed by atoms with Gasteiger partial charge in [-0.1, -0.05) is 24.3 Å². The molecule has 0 bridgehead atoms. The number of carbonyl (C=O) groups excluding carboxylic acids is 2. The van der Waals surface area contributed by atoms with E-state index in [0.717, 1.165) is 32.5 Å². The molecule has 0 N–H and O–H groups in total. The minimum atomic E-state index is -0.150. The van der Waals surface area contributed by atoms with Crippen LogP contribution in [0, 0.1) is 11.8 Å². The Labute approximate surface area is 189 Å². The Morgan fingerprint density at radius 2 is 1.91 bits per heavy atom. The van der Waals surface area contributed by atoms with Crippen molar-refractivity contribution in [3.8, 4) is 5.75 Å². The number of benzene rings is 1. The van der Waals surface area contributed by atoms with Crippen molar-refractivity contribution in [2.24, 2.45) is 11.8 Å². The van der Waals surface area contributed by atoms with Crippen LogP contribution in [0.1, 0.15) is 18.4 Å². The molecule has 2 aromatic rings. The number of hydrogen-bond acceptors (Lipinski definition) is 5. The molecule has 168 valence electrons. The highest BCUT2D eigenvalue weighted by Crippen LogP contribution is 2.49. The Balaban J connectivity index is 1.21. The van der Waals surface area contributed by atoms with Gasteiger partial charge in [-0.15, -0.1) is 0 Å². The van der Waals surface area contributed by atoms with Crippen molar-refractivity contribution in [3.63, 3.8) is 0 Å². The molecule has 3 saturated heterocycles. The summed E-state index contributed by atoms with van der Waals surface area (Å²) in [4.78, 5) is 36.3. The number of hydrogen-bond donors (Lipinski definition) is 0. The highest BCUT2D eigenvalue weighted by atomic mass is 16.5. The fourth-order valence-electron chi connectivity index (χ4n) is 5.88. The molecule has 3 fully saturated rings. The second-order valence-corrected chi connectivity index (χ2v) is 9.25. The molecule has 4 heterocycles. The number of likely N-dealkylation sites (tertiary alicyclic amines) is 3. The lowest BCUT2D eigenvalue weighted by Crippen LogP contribution is -2.57. The number of amides is 2. The van der Waals surface area contributed by atoms with Crippen molar-refractivity contribution in [2.75, 3.05) is 39.8 Å². The third-order valence-electron chi connectivity index (χ3n) is 7.62. The van der Waals surface area contributed by atoms with Crippen LogP contribution >= 0.6 is 0 Å². The summed E-state index contributed by atoms with van der Waals surface area (Å²) in [6.07, 6.45) is 5.34. The zero-order chi connectivity index (χ0) is 22.1. The van der Waals surface area contributed by atoms with E-state index in [1.54, 1.807) is 6.20 Å². The summed E-state index contributed by atoms with van der Waals surface area (Å²) in [5.74, 6) is 1.35. The van der Waals surface area contributed by atoms with Gasteiger partial charge in [-0.05, 0) is 36.6 Å². The molecule has 1 spiro atoms. The molecule has 3 aliphatic heterocycles. The van der Waals surface area contributed by atoms with Crippen LogP contribution in [0.5, 0.6) is 5.75 Å². The van der Waals surface area contributed by atoms with E-state index >= 15 is 0 Å². The van der Waals surface area contributed by atoms with E-state index in [1.807, 2.05) is 59.4 Å². The molecule has 3 aliphatic rings. The first kappa shape index (κ1) is 20.9. The Bertz CT molecular complexity index is 960. The molecule has 7 heteroatoms. The Morgan fingerprint density at radius 3 is 2.62 bits per heavy atom. The second kappa shape index (κ2) is 8.54. The summed E-state index contributed by atoms with van der Waals surface area (Å²) in [5, 5.41) is 0. The highest BCUT2D eigenvalue weighted by molar-refractivity contribution is 5.84. The Hall–Kier alpha value is -2.93. The fraction of sp³-hybridized carbons (Fsp3) is 0.480. The van der Waals surface area contributed by atoms with Gasteiger partial charge < -0.3 is 14.5 Å². The summed E-state index contributed by atoms with van der Waals surface area (Å²) < 4.78 is 5.65. The maximum atomic E-state index is 13.1. The van der Waals surface area contributed by atoms with Gasteiger partial charge in [-0.3, -0.25) is 19.5 Å². The number of nitrogens with zero attached hydrogens (tertiary/aromatic N) is 4. The topological polar surface area (TPSA) is 66.0 Å². The molecule has 1 aromatic carbocycles. The normalized spacial score (nSPS) is 24.7. The van der Waals surface area contributed by atoms with Crippen molar-refractivity contribution in [1.29, 1.82) is 0 Å². The van der Waals surface area contributed by atoms with Gasteiger partial charge in [0.15, 0.2) is 6.61 Å². The van der Waals surface area contributed by atoms with Crippen LogP contribution < -0.4 is 4.74 Å². The van der Waals surface area contributed by atoms with Gasteiger partial charge >= 0.3 is 0 Å². The van der Waals surface area contributed by atoms with E-state index in [0.29, 0.717) is 24.8 Å². The molecule has 7 nitrogen and oxygen atoms in total. The third kappa shape index (κ3) is 3.75. The summed E-state index contributed by atoms with van der Waals surface area (Å²) in [6.45, 7) is 3.94. The fourth-order valence-corrected chi connectivity index (χ4v) is 5.88. The van der Waals surface area contributed by atoms with Crippen LogP contribution in [0.2, 0.25) is 0 Å². The van der Waals surface area contributed by atoms with Crippen LogP contribution in [0.4, 0.5) is 0 Å². The first-order chi connectivity index (χ1) is 15.6. The molecule has 0 saturated carbocycles. The maximum absolute atomic E-state index is 13.1. The van der Waals surface area contributed by atoms with Crippen molar-refractivity contribution >= 4 is 11.8 Å². The van der Waals surface area contributed by atoms with E-state index in [4.69, 9.17) is 4.74 Å². The van der Waals surface area contributed by atoms with Crippen molar-refractivity contribution in [1.82, 2.24) is 19.7 Å². The van der Waals surface area contributed by atoms with Gasteiger partial charge in [-0.2, -0.15) is 0 Å². The standard InChI is InChI=1S/C25H30N4O3/c1-27-24(31)21-16-28(15-19-6-5-11-26-14-19)17-22(21)25(27)9-12-29(13-10-25)23(30)18-32-20-7-3-2-4-8-20/h2-8,11,14,21-22H,9-10,12-13,15-18H2,1H3/t21-,22+/m1/s1. The van der Waals surface area contributed by atoms with Crippen LogP contribution in [-0.2, 0) is 16.1 Å². The number of piperidine rings is 1. The SMILES string of the molecule is CN1C(=O)[C@@H]2CN(Cc3cccnc3)C[C@@H]2C12CCN(C(=O)COc1ccccc1)CC2. The van der Waals surface area contributed by atoms with E-state index in [1.165, 1.54) is 5.56 Å². The van der Waals surface area contributed by atoms with Gasteiger partial charge in [0.2, 0.25) is 5.91 Å². The zero-order valence-electron chi connectivity index (χ0n) is 18.5. The first-order valence-corrected chi connectivity index (χ1v) is 11.4. The van der Waals surface area contributed by atoms with E-state index in [-0.39, 0.29) is 29.9 Å². The van der Waals surface area contributed by atoms with Crippen molar-refractivity contribution in [3.05, 3.63) is 60.4 Å². The van der Waals surface area contributed by atoms with Crippen LogP contribution in [0.3, 0.4) is 0 Å². The number of fused-ring (bicyclic) bond motifs is 2. The molecule has 2 atom stereocenters. The lowest BCUT2D eigenvalue weighted by molar-refractivity contribution is -0.138. The molecule has 5 rings (SSSR count). The van der Waals surface area contributed by atoms with Gasteiger partial charge in [0.25, 0.3) is 5.91 Å². The van der Waals surface area contributed by atoms with Crippen molar-refractivity contribution in [2.45, 2.75) is 24.9 Å². The highest BCUT2D eigenvalue weighted by Gasteiger charge is 2.60. The number of carbonyl (C=O) groups is 2. The molecule has 0 unspecified atom stereocenters. The molecule has 1 aromatic heterocycles. The lowest BCUT2D eigenvalue weighted by Gasteiger charge is -2.46. The summed E-state index contributed by atoms with van der Waals surface area (Å²) in [7, 11) is 1.96. The number of ether oxygens (including phenoxy) is 1. The smallest absolute Gasteiger partial charge is 0.260 e. The van der Waals surface area contributed by atoms with E-state index in [9.17, 15) is 9.59 Å². The molecule has 2 amide bonds. The predicted molar refractivity (Wildman–Crippen MR) is 120 cm³/mol. The summed E-state index contributed by atoms with van der Waals surface area (Å²) in [6, 6.07) is 13.5. The Kier molecular flexibility index (Phi) is 5.59. The van der Waals surface area contributed by atoms with Gasteiger partial charge in [-0.25, -0.2) is 0 Å². The number of pyridine rings is 1. The monoisotopic (exact) mass is 434 g/mol. The molecular weight excluding hydrogens is 404 g/mol. The molecule has 0 aliphatic carbocycles. The average molecular weight is 435 g/mol. The quantitative estimate of drug-likeness (QED) is 0.721. The molecule has 0 radical (unpaired) electrons. The maximum Gasteiger partial charge on any atom is 0.260 e. The minimum absolute atomic E-state index is 0.0110. The average Bonchev–Trinajstić information content (AvgIpc) is 3.33. The predicted octanol–water partition coefficient (Wildman–Crippen LogP) is 2.04. The molecular formula is C25H30N4O3. The van der Waals surface area contributed by atoms with Gasteiger partial charge in [0, 0.05) is 58.1 Å². The van der Waals surface area contributed by atoms with Crippen LogP contribution in [0.15, 0.2) is 54.9 Å². The first-order valence-electron chi connectivity index (χ1n) is 11.4. The van der Waals surface area contributed by atoms with Gasteiger partial charge in [0.05, 0.1) is 11.5 Å². The van der Waals surface area contributed by atoms with Crippen LogP contribution in [0.25, 0.3) is 0 Å². The largest absolute Gasteiger partial charge is 0.484 e.